The predicted molar refractivity (Wildman–Crippen MR) is 66.8 cm³/mol. The Morgan fingerprint density at radius 1 is 1.33 bits per heavy atom. The standard InChI is InChI=1S/C13H13N3O2/c1-16-11(5-6-15-16)9-3-2-4-10(7-9)12(17)8-13(14)18/h2-7H,8H2,1H3,(H2,14,18). The van der Waals surface area contributed by atoms with Crippen molar-refractivity contribution in [3.63, 3.8) is 0 Å². The van der Waals surface area contributed by atoms with Crippen LogP contribution in [0.2, 0.25) is 0 Å². The van der Waals surface area contributed by atoms with Crippen molar-refractivity contribution in [2.75, 3.05) is 0 Å². The number of nitrogens with two attached hydrogens (primary N) is 1. The van der Waals surface area contributed by atoms with Crippen LogP contribution < -0.4 is 5.73 Å². The van der Waals surface area contributed by atoms with E-state index in [0.717, 1.165) is 11.3 Å². The highest BCUT2D eigenvalue weighted by atomic mass is 16.2. The van der Waals surface area contributed by atoms with Crippen molar-refractivity contribution >= 4 is 11.7 Å². The second-order valence-electron chi connectivity index (χ2n) is 3.99. The first-order valence-corrected chi connectivity index (χ1v) is 5.48. The molecule has 1 amide bonds. The third kappa shape index (κ3) is 2.45. The topological polar surface area (TPSA) is 78.0 Å². The first-order valence-electron chi connectivity index (χ1n) is 5.48. The maximum Gasteiger partial charge on any atom is 0.225 e. The maximum atomic E-state index is 11.7. The van der Waals surface area contributed by atoms with E-state index in [4.69, 9.17) is 5.73 Å². The minimum atomic E-state index is -0.620. The number of carbonyl (C=O) groups excluding carboxylic acids is 2. The van der Waals surface area contributed by atoms with Crippen LogP contribution in [0.25, 0.3) is 11.3 Å². The molecule has 0 bridgehead atoms. The molecule has 92 valence electrons. The van der Waals surface area contributed by atoms with Crippen LogP contribution >= 0.6 is 0 Å². The summed E-state index contributed by atoms with van der Waals surface area (Å²) in [6, 6.07) is 8.93. The number of rotatable bonds is 4. The molecule has 2 N–H and O–H groups in total. The molecule has 1 aromatic carbocycles. The molecule has 0 spiro atoms. The molecule has 2 rings (SSSR count). The van der Waals surface area contributed by atoms with Crippen LogP contribution in [-0.4, -0.2) is 21.5 Å². The van der Waals surface area contributed by atoms with Gasteiger partial charge >= 0.3 is 0 Å². The second-order valence-corrected chi connectivity index (χ2v) is 3.99. The molecule has 0 saturated carbocycles. The molecule has 0 unspecified atom stereocenters. The summed E-state index contributed by atoms with van der Waals surface area (Å²) in [5.74, 6) is -0.891. The number of aromatic nitrogens is 2. The highest BCUT2D eigenvalue weighted by Gasteiger charge is 2.11. The maximum absolute atomic E-state index is 11.7. The second kappa shape index (κ2) is 4.83. The number of ketones is 1. The lowest BCUT2D eigenvalue weighted by atomic mass is 10.0. The van der Waals surface area contributed by atoms with Gasteiger partial charge in [-0.2, -0.15) is 5.10 Å². The van der Waals surface area contributed by atoms with Gasteiger partial charge in [-0.25, -0.2) is 0 Å². The molecule has 0 aliphatic carbocycles. The average Bonchev–Trinajstić information content (AvgIpc) is 2.75. The highest BCUT2D eigenvalue weighted by Crippen LogP contribution is 2.19. The van der Waals surface area contributed by atoms with Gasteiger partial charge in [0.15, 0.2) is 5.78 Å². The molecule has 5 heteroatoms. The number of Topliss-reactive ketones (excluding diaryl/α,β-unsaturated/α-hetero) is 1. The monoisotopic (exact) mass is 243 g/mol. The van der Waals surface area contributed by atoms with E-state index in [1.165, 1.54) is 0 Å². The van der Waals surface area contributed by atoms with E-state index >= 15 is 0 Å². The van der Waals surface area contributed by atoms with Crippen LogP contribution in [0.4, 0.5) is 0 Å². The molecule has 0 saturated heterocycles. The Balaban J connectivity index is 2.34. The minimum Gasteiger partial charge on any atom is -0.369 e. The minimum absolute atomic E-state index is 0.269. The summed E-state index contributed by atoms with van der Waals surface area (Å²) in [6.07, 6.45) is 1.42. The Hall–Kier alpha value is -2.43. The zero-order valence-corrected chi connectivity index (χ0v) is 9.96. The number of benzene rings is 1. The van der Waals surface area contributed by atoms with Gasteiger partial charge < -0.3 is 5.73 Å². The van der Waals surface area contributed by atoms with Crippen molar-refractivity contribution in [3.05, 3.63) is 42.1 Å². The molecule has 18 heavy (non-hydrogen) atoms. The van der Waals surface area contributed by atoms with Crippen LogP contribution in [0, 0.1) is 0 Å². The summed E-state index contributed by atoms with van der Waals surface area (Å²) >= 11 is 0. The Morgan fingerprint density at radius 3 is 2.72 bits per heavy atom. The van der Waals surface area contributed by atoms with E-state index in [0.29, 0.717) is 5.56 Å². The molecule has 0 atom stereocenters. The molecule has 0 aliphatic rings. The van der Waals surface area contributed by atoms with Gasteiger partial charge in [-0.05, 0) is 12.1 Å². The number of carbonyl (C=O) groups is 2. The van der Waals surface area contributed by atoms with Crippen molar-refractivity contribution in [1.82, 2.24) is 9.78 Å². The predicted octanol–water partition coefficient (Wildman–Crippen LogP) is 1.15. The third-order valence-corrected chi connectivity index (χ3v) is 2.64. The third-order valence-electron chi connectivity index (χ3n) is 2.64. The number of hydrogen-bond acceptors (Lipinski definition) is 3. The summed E-state index contributed by atoms with van der Waals surface area (Å²) in [7, 11) is 1.83. The lowest BCUT2D eigenvalue weighted by Crippen LogP contribution is -2.16. The molecular formula is C13H13N3O2. The SMILES string of the molecule is Cn1nccc1-c1cccc(C(=O)CC(N)=O)c1. The summed E-state index contributed by atoms with van der Waals surface area (Å²) in [4.78, 5) is 22.5. The molecule has 2 aromatic rings. The van der Waals surface area contributed by atoms with Crippen LogP contribution in [0.3, 0.4) is 0 Å². The molecular weight excluding hydrogens is 230 g/mol. The molecule has 0 aliphatic heterocycles. The van der Waals surface area contributed by atoms with Gasteiger partial charge in [0.2, 0.25) is 5.91 Å². The fraction of sp³-hybridized carbons (Fsp3) is 0.154. The summed E-state index contributed by atoms with van der Waals surface area (Å²) < 4.78 is 1.72. The average molecular weight is 243 g/mol. The Kier molecular flexibility index (Phi) is 3.23. The highest BCUT2D eigenvalue weighted by molar-refractivity contribution is 6.07. The smallest absolute Gasteiger partial charge is 0.225 e. The van der Waals surface area contributed by atoms with Gasteiger partial charge in [0.05, 0.1) is 12.1 Å². The number of amides is 1. The van der Waals surface area contributed by atoms with E-state index in [9.17, 15) is 9.59 Å². The molecule has 1 aromatic heterocycles. The molecule has 0 radical (unpaired) electrons. The van der Waals surface area contributed by atoms with E-state index in [-0.39, 0.29) is 12.2 Å². The van der Waals surface area contributed by atoms with Gasteiger partial charge in [-0.3, -0.25) is 14.3 Å². The molecule has 5 nitrogen and oxygen atoms in total. The lowest BCUT2D eigenvalue weighted by Gasteiger charge is -2.04. The summed E-state index contributed by atoms with van der Waals surface area (Å²) in [5, 5.41) is 4.07. The number of primary amides is 1. The summed E-state index contributed by atoms with van der Waals surface area (Å²) in [6.45, 7) is 0. The van der Waals surface area contributed by atoms with E-state index < -0.39 is 5.91 Å². The van der Waals surface area contributed by atoms with Crippen LogP contribution in [0.5, 0.6) is 0 Å². The Bertz CT molecular complexity index is 602. The number of nitrogens with zero attached hydrogens (tertiary/aromatic N) is 2. The summed E-state index contributed by atoms with van der Waals surface area (Å²) in [5.41, 5.74) is 7.28. The van der Waals surface area contributed by atoms with Gasteiger partial charge in [0.1, 0.15) is 0 Å². The Morgan fingerprint density at radius 2 is 2.11 bits per heavy atom. The fourth-order valence-electron chi connectivity index (χ4n) is 1.77. The van der Waals surface area contributed by atoms with E-state index in [2.05, 4.69) is 5.10 Å². The van der Waals surface area contributed by atoms with E-state index in [1.807, 2.05) is 19.2 Å². The van der Waals surface area contributed by atoms with Crippen LogP contribution in [0.1, 0.15) is 16.8 Å². The first-order chi connectivity index (χ1) is 8.58. The fourth-order valence-corrected chi connectivity index (χ4v) is 1.77. The van der Waals surface area contributed by atoms with Crippen molar-refractivity contribution in [1.29, 1.82) is 0 Å². The van der Waals surface area contributed by atoms with Crippen molar-refractivity contribution in [2.24, 2.45) is 12.8 Å². The van der Waals surface area contributed by atoms with Crippen molar-refractivity contribution in [3.8, 4) is 11.3 Å². The van der Waals surface area contributed by atoms with Crippen LogP contribution in [0.15, 0.2) is 36.5 Å². The van der Waals surface area contributed by atoms with Gasteiger partial charge in [-0.1, -0.05) is 18.2 Å². The van der Waals surface area contributed by atoms with Gasteiger partial charge in [0.25, 0.3) is 0 Å². The molecule has 0 fully saturated rings. The first kappa shape index (κ1) is 12.0. The number of hydrogen-bond donors (Lipinski definition) is 1. The normalized spacial score (nSPS) is 10.3. The van der Waals surface area contributed by atoms with E-state index in [1.54, 1.807) is 29.1 Å². The van der Waals surface area contributed by atoms with Crippen LogP contribution in [-0.2, 0) is 11.8 Å². The zero-order chi connectivity index (χ0) is 13.1. The molecule has 1 heterocycles. The Labute approximate surface area is 104 Å². The van der Waals surface area contributed by atoms with Gasteiger partial charge in [-0.15, -0.1) is 0 Å². The van der Waals surface area contributed by atoms with Crippen molar-refractivity contribution < 1.29 is 9.59 Å². The van der Waals surface area contributed by atoms with Crippen molar-refractivity contribution in [2.45, 2.75) is 6.42 Å². The van der Waals surface area contributed by atoms with Gasteiger partial charge in [0, 0.05) is 24.4 Å². The largest absolute Gasteiger partial charge is 0.369 e. The number of aryl methyl sites for hydroxylation is 1. The quantitative estimate of drug-likeness (QED) is 0.646. The zero-order valence-electron chi connectivity index (χ0n) is 9.96. The lowest BCUT2D eigenvalue weighted by molar-refractivity contribution is -0.117.